The number of hydrogen-bond acceptors (Lipinski definition) is 6. The summed E-state index contributed by atoms with van der Waals surface area (Å²) in [4.78, 5) is 19.2. The van der Waals surface area contributed by atoms with Gasteiger partial charge in [0, 0.05) is 44.3 Å². The number of imidazole rings is 1. The summed E-state index contributed by atoms with van der Waals surface area (Å²) in [5, 5.41) is 0. The van der Waals surface area contributed by atoms with Crippen molar-refractivity contribution in [2.45, 2.75) is 6.18 Å². The molecule has 0 N–H and O–H groups in total. The SMILES string of the molecule is Cn1c(-c2cccc(C(F)(F)F)n2)nc2nc(N3CC4C(COc5cc(F)cc(F)c5)C4C3)cnc21. The number of pyridine rings is 1. The van der Waals surface area contributed by atoms with E-state index < -0.39 is 23.5 Å². The summed E-state index contributed by atoms with van der Waals surface area (Å²) in [7, 11) is 1.65. The molecule has 3 aromatic heterocycles. The summed E-state index contributed by atoms with van der Waals surface area (Å²) >= 11 is 0. The van der Waals surface area contributed by atoms with Crippen molar-refractivity contribution in [3.8, 4) is 17.3 Å². The second kappa shape index (κ2) is 8.10. The van der Waals surface area contributed by atoms with Crippen LogP contribution < -0.4 is 9.64 Å². The molecule has 1 saturated heterocycles. The molecule has 36 heavy (non-hydrogen) atoms. The molecule has 2 atom stereocenters. The van der Waals surface area contributed by atoms with E-state index >= 15 is 0 Å². The van der Waals surface area contributed by atoms with Crippen molar-refractivity contribution >= 4 is 17.1 Å². The molecule has 2 aliphatic rings. The third-order valence-electron chi connectivity index (χ3n) is 6.81. The maximum Gasteiger partial charge on any atom is 0.433 e. The molecule has 1 aliphatic heterocycles. The highest BCUT2D eigenvalue weighted by Crippen LogP contribution is 2.52. The smallest absolute Gasteiger partial charge is 0.433 e. The van der Waals surface area contributed by atoms with Crippen LogP contribution in [-0.4, -0.2) is 44.2 Å². The number of piperidine rings is 1. The van der Waals surface area contributed by atoms with Crippen LogP contribution in [0.5, 0.6) is 5.75 Å². The molecular weight excluding hydrogens is 483 g/mol. The first kappa shape index (κ1) is 22.6. The maximum atomic E-state index is 13.3. The summed E-state index contributed by atoms with van der Waals surface area (Å²) in [5.74, 6) is 0.714. The van der Waals surface area contributed by atoms with Gasteiger partial charge in [0.2, 0.25) is 0 Å². The van der Waals surface area contributed by atoms with E-state index in [9.17, 15) is 22.0 Å². The summed E-state index contributed by atoms with van der Waals surface area (Å²) in [6.07, 6.45) is -2.93. The van der Waals surface area contributed by atoms with Gasteiger partial charge < -0.3 is 14.2 Å². The second-order valence-corrected chi connectivity index (χ2v) is 9.09. The summed E-state index contributed by atoms with van der Waals surface area (Å²) in [6.45, 7) is 1.83. The number of hydrogen-bond donors (Lipinski definition) is 0. The Hall–Kier alpha value is -3.83. The minimum atomic E-state index is -4.56. The number of anilines is 1. The lowest BCUT2D eigenvalue weighted by atomic mass is 10.2. The average Bonchev–Trinajstić information content (AvgIpc) is 3.13. The number of ether oxygens (including phenoxy) is 1. The highest BCUT2D eigenvalue weighted by molar-refractivity contribution is 5.74. The molecule has 1 aromatic carbocycles. The average molecular weight is 502 g/mol. The van der Waals surface area contributed by atoms with Crippen molar-refractivity contribution in [1.82, 2.24) is 24.5 Å². The van der Waals surface area contributed by atoms with Gasteiger partial charge in [0.1, 0.15) is 34.6 Å². The monoisotopic (exact) mass is 502 g/mol. The third kappa shape index (κ3) is 3.99. The van der Waals surface area contributed by atoms with Gasteiger partial charge in [-0.05, 0) is 24.0 Å². The number of fused-ring (bicyclic) bond motifs is 2. The Kier molecular flexibility index (Phi) is 5.09. The van der Waals surface area contributed by atoms with Gasteiger partial charge in [0.15, 0.2) is 17.1 Å². The van der Waals surface area contributed by atoms with Gasteiger partial charge in [-0.15, -0.1) is 0 Å². The Labute approximate surface area is 201 Å². The van der Waals surface area contributed by atoms with Crippen LogP contribution in [-0.2, 0) is 13.2 Å². The largest absolute Gasteiger partial charge is 0.493 e. The molecule has 0 bridgehead atoms. The molecule has 12 heteroatoms. The Balaban J connectivity index is 1.15. The van der Waals surface area contributed by atoms with Crippen molar-refractivity contribution in [3.63, 3.8) is 0 Å². The van der Waals surface area contributed by atoms with E-state index in [0.717, 1.165) is 37.4 Å². The molecular formula is C24H19F5N6O. The van der Waals surface area contributed by atoms with Crippen LogP contribution in [0.15, 0.2) is 42.6 Å². The van der Waals surface area contributed by atoms with E-state index in [1.54, 1.807) is 17.8 Å². The van der Waals surface area contributed by atoms with Crippen LogP contribution in [0.2, 0.25) is 0 Å². The Morgan fingerprint density at radius 3 is 2.42 bits per heavy atom. The fraction of sp³-hybridized carbons (Fsp3) is 0.333. The van der Waals surface area contributed by atoms with Gasteiger partial charge in [-0.25, -0.2) is 28.7 Å². The van der Waals surface area contributed by atoms with E-state index in [0.29, 0.717) is 35.6 Å². The van der Waals surface area contributed by atoms with Crippen LogP contribution >= 0.6 is 0 Å². The topological polar surface area (TPSA) is 69.0 Å². The molecule has 2 fully saturated rings. The van der Waals surface area contributed by atoms with Crippen molar-refractivity contribution in [2.75, 3.05) is 24.6 Å². The highest BCUT2D eigenvalue weighted by Gasteiger charge is 2.56. The fourth-order valence-corrected chi connectivity index (χ4v) is 4.94. The molecule has 0 radical (unpaired) electrons. The Morgan fingerprint density at radius 1 is 1.00 bits per heavy atom. The van der Waals surface area contributed by atoms with Crippen LogP contribution in [0, 0.1) is 29.4 Å². The quantitative estimate of drug-likeness (QED) is 0.375. The van der Waals surface area contributed by atoms with Gasteiger partial charge in [0.05, 0.1) is 12.8 Å². The lowest BCUT2D eigenvalue weighted by molar-refractivity contribution is -0.141. The first-order valence-corrected chi connectivity index (χ1v) is 11.3. The second-order valence-electron chi connectivity index (χ2n) is 9.09. The van der Waals surface area contributed by atoms with Crippen molar-refractivity contribution in [2.24, 2.45) is 24.8 Å². The minimum Gasteiger partial charge on any atom is -0.493 e. The van der Waals surface area contributed by atoms with E-state index in [1.165, 1.54) is 12.1 Å². The number of halogens is 5. The minimum absolute atomic E-state index is 0.0807. The van der Waals surface area contributed by atoms with Crippen molar-refractivity contribution < 1.29 is 26.7 Å². The molecule has 4 heterocycles. The summed E-state index contributed by atoms with van der Waals surface area (Å²) < 4.78 is 73.1. The van der Waals surface area contributed by atoms with E-state index in [2.05, 4.69) is 24.8 Å². The first-order chi connectivity index (χ1) is 17.2. The fourth-order valence-electron chi connectivity index (χ4n) is 4.94. The Morgan fingerprint density at radius 2 is 1.72 bits per heavy atom. The first-order valence-electron chi connectivity index (χ1n) is 11.3. The zero-order valence-corrected chi connectivity index (χ0v) is 18.9. The predicted octanol–water partition coefficient (Wildman–Crippen LogP) is 4.48. The lowest BCUT2D eigenvalue weighted by Crippen LogP contribution is -2.26. The van der Waals surface area contributed by atoms with Crippen LogP contribution in [0.25, 0.3) is 22.8 Å². The number of nitrogens with zero attached hydrogens (tertiary/aromatic N) is 6. The Bertz CT molecular complexity index is 1440. The lowest BCUT2D eigenvalue weighted by Gasteiger charge is -2.20. The number of aryl methyl sites for hydroxylation is 1. The molecule has 0 spiro atoms. The van der Waals surface area contributed by atoms with E-state index in [-0.39, 0.29) is 23.2 Å². The van der Waals surface area contributed by atoms with Gasteiger partial charge in [-0.1, -0.05) is 6.07 Å². The molecule has 1 saturated carbocycles. The zero-order chi connectivity index (χ0) is 25.2. The van der Waals surface area contributed by atoms with Gasteiger partial charge >= 0.3 is 6.18 Å². The number of benzene rings is 1. The zero-order valence-electron chi connectivity index (χ0n) is 18.9. The van der Waals surface area contributed by atoms with Gasteiger partial charge in [-0.2, -0.15) is 13.2 Å². The van der Waals surface area contributed by atoms with E-state index in [4.69, 9.17) is 4.74 Å². The van der Waals surface area contributed by atoms with Crippen LogP contribution in [0.4, 0.5) is 27.8 Å². The van der Waals surface area contributed by atoms with Gasteiger partial charge in [-0.3, -0.25) is 0 Å². The number of alkyl halides is 3. The number of aromatic nitrogens is 5. The van der Waals surface area contributed by atoms with Crippen molar-refractivity contribution in [3.05, 3.63) is 59.9 Å². The highest BCUT2D eigenvalue weighted by atomic mass is 19.4. The van der Waals surface area contributed by atoms with E-state index in [1.807, 2.05) is 0 Å². The predicted molar refractivity (Wildman–Crippen MR) is 119 cm³/mol. The van der Waals surface area contributed by atoms with Gasteiger partial charge in [0.25, 0.3) is 0 Å². The van der Waals surface area contributed by atoms with Crippen molar-refractivity contribution in [1.29, 1.82) is 0 Å². The molecule has 2 unspecified atom stereocenters. The molecule has 7 nitrogen and oxygen atoms in total. The van der Waals surface area contributed by atoms with Crippen LogP contribution in [0.3, 0.4) is 0 Å². The normalized spacial score (nSPS) is 21.2. The summed E-state index contributed by atoms with van der Waals surface area (Å²) in [5.41, 5.74) is -0.160. The maximum absolute atomic E-state index is 13.3. The molecule has 6 rings (SSSR count). The molecule has 1 aliphatic carbocycles. The summed E-state index contributed by atoms with van der Waals surface area (Å²) in [6, 6.07) is 6.79. The van der Waals surface area contributed by atoms with Crippen LogP contribution in [0.1, 0.15) is 5.69 Å². The number of rotatable bonds is 5. The molecule has 186 valence electrons. The molecule has 4 aromatic rings. The third-order valence-corrected chi connectivity index (χ3v) is 6.81. The standard InChI is InChI=1S/C24H19F5N6O/c1-34-22(18-3-2-4-19(31-18)24(27,28)29)33-21-23(34)30-8-20(32-21)35-9-15-16(10-35)17(15)11-36-14-6-12(25)5-13(26)7-14/h2-8,15-17H,9-11H2,1H3. The molecule has 0 amide bonds.